The zero-order valence-electron chi connectivity index (χ0n) is 7.45. The zero-order chi connectivity index (χ0) is 9.68. The lowest BCUT2D eigenvalue weighted by molar-refractivity contribution is -0.305. The van der Waals surface area contributed by atoms with Crippen LogP contribution in [0.25, 0.3) is 0 Å². The summed E-state index contributed by atoms with van der Waals surface area (Å²) in [5, 5.41) is 10.2. The van der Waals surface area contributed by atoms with Gasteiger partial charge in [0.15, 0.2) is 0 Å². The van der Waals surface area contributed by atoms with Gasteiger partial charge in [-0.05, 0) is 30.5 Å². The lowest BCUT2D eigenvalue weighted by Crippen LogP contribution is -2.22. The van der Waals surface area contributed by atoms with E-state index in [1.54, 1.807) is 7.11 Å². The number of aliphatic carboxylic acids is 1. The van der Waals surface area contributed by atoms with E-state index in [1.165, 1.54) is 0 Å². The van der Waals surface area contributed by atoms with E-state index >= 15 is 0 Å². The maximum atomic E-state index is 10.2. The predicted octanol–water partition coefficient (Wildman–Crippen LogP) is 0.378. The fourth-order valence-electron chi connectivity index (χ4n) is 1.07. The number of aryl methyl sites for hydroxylation is 1. The molecular weight excluding hydrogens is 168 g/mol. The predicted molar refractivity (Wildman–Crippen MR) is 46.3 cm³/mol. The lowest BCUT2D eigenvalue weighted by atomic mass is 10.1. The van der Waals surface area contributed by atoms with E-state index in [-0.39, 0.29) is 6.42 Å². The Labute approximate surface area is 77.0 Å². The van der Waals surface area contributed by atoms with Crippen molar-refractivity contribution in [1.82, 2.24) is 0 Å². The number of carbonyl (C=O) groups is 1. The van der Waals surface area contributed by atoms with Crippen molar-refractivity contribution in [2.24, 2.45) is 0 Å². The van der Waals surface area contributed by atoms with Crippen LogP contribution in [0.15, 0.2) is 24.3 Å². The van der Waals surface area contributed by atoms with Gasteiger partial charge in [-0.25, -0.2) is 0 Å². The van der Waals surface area contributed by atoms with Gasteiger partial charge in [-0.15, -0.1) is 0 Å². The smallest absolute Gasteiger partial charge is 0.119 e. The first-order valence-electron chi connectivity index (χ1n) is 4.05. The summed E-state index contributed by atoms with van der Waals surface area (Å²) in [4.78, 5) is 10.2. The van der Waals surface area contributed by atoms with Crippen molar-refractivity contribution in [3.63, 3.8) is 0 Å². The molecule has 0 aliphatic heterocycles. The van der Waals surface area contributed by atoms with Crippen molar-refractivity contribution in [3.05, 3.63) is 29.8 Å². The molecule has 3 heteroatoms. The molecule has 0 heterocycles. The molecule has 0 aromatic heterocycles. The first-order valence-corrected chi connectivity index (χ1v) is 4.05. The molecule has 0 aliphatic carbocycles. The monoisotopic (exact) mass is 179 g/mol. The van der Waals surface area contributed by atoms with Gasteiger partial charge >= 0.3 is 0 Å². The first-order chi connectivity index (χ1) is 6.22. The van der Waals surface area contributed by atoms with Gasteiger partial charge in [0, 0.05) is 5.97 Å². The van der Waals surface area contributed by atoms with Crippen molar-refractivity contribution in [2.75, 3.05) is 7.11 Å². The van der Waals surface area contributed by atoms with Crippen LogP contribution in [0.2, 0.25) is 0 Å². The van der Waals surface area contributed by atoms with Gasteiger partial charge in [-0.3, -0.25) is 0 Å². The Bertz CT molecular complexity index is 294. The van der Waals surface area contributed by atoms with Gasteiger partial charge in [-0.1, -0.05) is 12.1 Å². The largest absolute Gasteiger partial charge is 0.550 e. The highest BCUT2D eigenvalue weighted by molar-refractivity contribution is 5.64. The van der Waals surface area contributed by atoms with Crippen LogP contribution in [0.1, 0.15) is 12.0 Å². The third-order valence-electron chi connectivity index (χ3n) is 1.75. The summed E-state index contributed by atoms with van der Waals surface area (Å²) in [6.45, 7) is 0. The van der Waals surface area contributed by atoms with E-state index in [2.05, 4.69) is 0 Å². The second kappa shape index (κ2) is 4.50. The average molecular weight is 179 g/mol. The van der Waals surface area contributed by atoms with Crippen LogP contribution < -0.4 is 9.84 Å². The molecule has 0 radical (unpaired) electrons. The number of ether oxygens (including phenoxy) is 1. The number of rotatable bonds is 4. The van der Waals surface area contributed by atoms with Gasteiger partial charge in [0.2, 0.25) is 0 Å². The fourth-order valence-corrected chi connectivity index (χ4v) is 1.07. The van der Waals surface area contributed by atoms with Crippen LogP contribution >= 0.6 is 0 Å². The second-order valence-electron chi connectivity index (χ2n) is 2.72. The standard InChI is InChI=1S/C10H12O3/c1-13-9-4-2-3-8(7-9)5-6-10(11)12/h2-4,7H,5-6H2,1H3,(H,11,12)/p-1. The SMILES string of the molecule is COc1cccc(CCC(=O)[O-])c1. The molecule has 0 fully saturated rings. The lowest BCUT2D eigenvalue weighted by Gasteiger charge is -2.04. The van der Waals surface area contributed by atoms with Gasteiger partial charge in [-0.2, -0.15) is 0 Å². The minimum absolute atomic E-state index is 0.0488. The normalized spacial score (nSPS) is 9.62. The van der Waals surface area contributed by atoms with Crippen LogP contribution in [0.3, 0.4) is 0 Å². The highest BCUT2D eigenvalue weighted by Gasteiger charge is 1.95. The maximum absolute atomic E-state index is 10.2. The van der Waals surface area contributed by atoms with Gasteiger partial charge in [0.25, 0.3) is 0 Å². The summed E-state index contributed by atoms with van der Waals surface area (Å²) in [5.41, 5.74) is 0.948. The molecule has 0 amide bonds. The molecule has 0 saturated heterocycles. The Morgan fingerprint density at radius 1 is 1.54 bits per heavy atom. The van der Waals surface area contributed by atoms with Crippen LogP contribution in [-0.2, 0) is 11.2 Å². The molecule has 0 N–H and O–H groups in total. The topological polar surface area (TPSA) is 49.4 Å². The molecule has 3 nitrogen and oxygen atoms in total. The number of hydrogen-bond acceptors (Lipinski definition) is 3. The van der Waals surface area contributed by atoms with Gasteiger partial charge in [0.05, 0.1) is 7.11 Å². The quantitative estimate of drug-likeness (QED) is 0.671. The Morgan fingerprint density at radius 3 is 2.92 bits per heavy atom. The fraction of sp³-hybridized carbons (Fsp3) is 0.300. The van der Waals surface area contributed by atoms with E-state index in [0.717, 1.165) is 11.3 Å². The molecule has 70 valence electrons. The minimum Gasteiger partial charge on any atom is -0.550 e. The summed E-state index contributed by atoms with van der Waals surface area (Å²) >= 11 is 0. The van der Waals surface area contributed by atoms with Gasteiger partial charge < -0.3 is 14.6 Å². The van der Waals surface area contributed by atoms with Crippen molar-refractivity contribution >= 4 is 5.97 Å². The summed E-state index contributed by atoms with van der Waals surface area (Å²) in [7, 11) is 1.58. The molecule has 1 rings (SSSR count). The third-order valence-corrected chi connectivity index (χ3v) is 1.75. The van der Waals surface area contributed by atoms with E-state index < -0.39 is 5.97 Å². The number of carboxylic acid groups (broad SMARTS) is 1. The number of methoxy groups -OCH3 is 1. The number of hydrogen-bond donors (Lipinski definition) is 0. The van der Waals surface area contributed by atoms with Crippen molar-refractivity contribution in [1.29, 1.82) is 0 Å². The zero-order valence-corrected chi connectivity index (χ0v) is 7.45. The highest BCUT2D eigenvalue weighted by atomic mass is 16.5. The number of carboxylic acids is 1. The molecule has 0 unspecified atom stereocenters. The molecule has 13 heavy (non-hydrogen) atoms. The van der Waals surface area contributed by atoms with Crippen LogP contribution in [0.4, 0.5) is 0 Å². The number of carbonyl (C=O) groups excluding carboxylic acids is 1. The molecule has 1 aromatic rings. The van der Waals surface area contributed by atoms with E-state index in [0.29, 0.717) is 6.42 Å². The maximum Gasteiger partial charge on any atom is 0.119 e. The summed E-state index contributed by atoms with van der Waals surface area (Å²) < 4.78 is 5.00. The molecule has 0 bridgehead atoms. The van der Waals surface area contributed by atoms with E-state index in [1.807, 2.05) is 24.3 Å². The summed E-state index contributed by atoms with van der Waals surface area (Å²) in [5.74, 6) is -0.279. The molecule has 0 spiro atoms. The number of benzene rings is 1. The molecule has 0 aliphatic rings. The van der Waals surface area contributed by atoms with Crippen LogP contribution in [0, 0.1) is 0 Å². The Hall–Kier alpha value is -1.51. The second-order valence-corrected chi connectivity index (χ2v) is 2.72. The van der Waals surface area contributed by atoms with E-state index in [9.17, 15) is 9.90 Å². The Balaban J connectivity index is 2.61. The first kappa shape index (κ1) is 9.58. The third kappa shape index (κ3) is 3.15. The molecule has 1 aromatic carbocycles. The van der Waals surface area contributed by atoms with Gasteiger partial charge in [0.1, 0.15) is 5.75 Å². The molecular formula is C10H11O3-. The minimum atomic E-state index is -1.03. The molecule has 0 atom stereocenters. The summed E-state index contributed by atoms with van der Waals surface area (Å²) in [6.07, 6.45) is 0.534. The highest BCUT2D eigenvalue weighted by Crippen LogP contribution is 2.13. The van der Waals surface area contributed by atoms with Crippen molar-refractivity contribution in [3.8, 4) is 5.75 Å². The average Bonchev–Trinajstić information content (AvgIpc) is 2.15. The van der Waals surface area contributed by atoms with Crippen molar-refractivity contribution < 1.29 is 14.6 Å². The Morgan fingerprint density at radius 2 is 2.31 bits per heavy atom. The van der Waals surface area contributed by atoms with Crippen LogP contribution in [-0.4, -0.2) is 13.1 Å². The van der Waals surface area contributed by atoms with E-state index in [4.69, 9.17) is 4.74 Å². The summed E-state index contributed by atoms with van der Waals surface area (Å²) in [6, 6.07) is 7.35. The van der Waals surface area contributed by atoms with Crippen LogP contribution in [0.5, 0.6) is 5.75 Å². The van der Waals surface area contributed by atoms with Crippen molar-refractivity contribution in [2.45, 2.75) is 12.8 Å². The Kier molecular flexibility index (Phi) is 3.31. The molecule has 0 saturated carbocycles.